The summed E-state index contributed by atoms with van der Waals surface area (Å²) in [5, 5.41) is 14.0. The fourth-order valence-electron chi connectivity index (χ4n) is 2.82. The maximum Gasteiger partial charge on any atom is 0.408 e. The quantitative estimate of drug-likeness (QED) is 0.698. The smallest absolute Gasteiger partial charge is 0.408 e. The van der Waals surface area contributed by atoms with Crippen LogP contribution in [0.5, 0.6) is 0 Å². The first kappa shape index (κ1) is 18.4. The van der Waals surface area contributed by atoms with Crippen LogP contribution in [0, 0.1) is 0 Å². The Hall–Kier alpha value is -3.41. The van der Waals surface area contributed by atoms with E-state index in [1.165, 1.54) is 6.92 Å². The summed E-state index contributed by atoms with van der Waals surface area (Å²) in [4.78, 5) is 28.4. The molecule has 3 rings (SSSR count). The Bertz CT molecular complexity index is 953. The Morgan fingerprint density at radius 3 is 2.52 bits per heavy atom. The van der Waals surface area contributed by atoms with Crippen LogP contribution in [0.3, 0.4) is 0 Å². The van der Waals surface area contributed by atoms with Crippen molar-refractivity contribution in [2.24, 2.45) is 0 Å². The van der Waals surface area contributed by atoms with Crippen molar-refractivity contribution in [2.75, 3.05) is 0 Å². The molecule has 0 saturated heterocycles. The number of ether oxygens (including phenoxy) is 1. The number of fused-ring (bicyclic) bond motifs is 1. The van der Waals surface area contributed by atoms with Crippen molar-refractivity contribution in [1.29, 1.82) is 0 Å². The van der Waals surface area contributed by atoms with E-state index in [2.05, 4.69) is 10.3 Å². The molecule has 1 heterocycles. The zero-order chi connectivity index (χ0) is 19.3. The van der Waals surface area contributed by atoms with E-state index in [4.69, 9.17) is 4.74 Å². The van der Waals surface area contributed by atoms with Gasteiger partial charge in [-0.1, -0.05) is 54.6 Å². The van der Waals surface area contributed by atoms with Crippen LogP contribution in [0.25, 0.3) is 10.8 Å². The molecule has 2 aromatic carbocycles. The molecule has 2 N–H and O–H groups in total. The van der Waals surface area contributed by atoms with E-state index in [0.29, 0.717) is 5.69 Å². The van der Waals surface area contributed by atoms with Crippen molar-refractivity contribution in [3.8, 4) is 0 Å². The molecule has 0 saturated carbocycles. The van der Waals surface area contributed by atoms with E-state index in [0.717, 1.165) is 16.3 Å². The lowest BCUT2D eigenvalue weighted by molar-refractivity contribution is -0.143. The number of nitrogens with one attached hydrogen (secondary N) is 1. The zero-order valence-corrected chi connectivity index (χ0v) is 14.9. The van der Waals surface area contributed by atoms with Crippen molar-refractivity contribution in [3.63, 3.8) is 0 Å². The largest absolute Gasteiger partial charge is 0.480 e. The summed E-state index contributed by atoms with van der Waals surface area (Å²) >= 11 is 0. The van der Waals surface area contributed by atoms with Gasteiger partial charge in [-0.2, -0.15) is 0 Å². The average molecular weight is 364 g/mol. The van der Waals surface area contributed by atoms with Gasteiger partial charge in [0.1, 0.15) is 12.1 Å². The van der Waals surface area contributed by atoms with Crippen LogP contribution in [-0.4, -0.2) is 27.7 Å². The molecule has 27 heavy (non-hydrogen) atoms. The number of carboxylic acids is 1. The minimum atomic E-state index is -1.55. The third kappa shape index (κ3) is 4.41. The number of alkyl carbamates (subject to hydrolysis) is 1. The lowest BCUT2D eigenvalue weighted by Gasteiger charge is -2.26. The Morgan fingerprint density at radius 1 is 1.07 bits per heavy atom. The molecule has 1 aromatic heterocycles. The lowest BCUT2D eigenvalue weighted by Crippen LogP contribution is -2.54. The number of hydrogen-bond donors (Lipinski definition) is 2. The molecule has 138 valence electrons. The monoisotopic (exact) mass is 364 g/mol. The predicted octanol–water partition coefficient (Wildman–Crippen LogP) is 3.55. The van der Waals surface area contributed by atoms with E-state index in [9.17, 15) is 14.7 Å². The molecule has 0 aliphatic rings. The average Bonchev–Trinajstić information content (AvgIpc) is 2.67. The number of aliphatic carboxylic acids is 1. The molecule has 0 aliphatic carbocycles. The van der Waals surface area contributed by atoms with Crippen LogP contribution >= 0.6 is 0 Å². The van der Waals surface area contributed by atoms with Gasteiger partial charge in [-0.25, -0.2) is 9.59 Å². The highest BCUT2D eigenvalue weighted by atomic mass is 16.5. The van der Waals surface area contributed by atoms with E-state index >= 15 is 0 Å². The van der Waals surface area contributed by atoms with Gasteiger partial charge in [0, 0.05) is 18.0 Å². The second-order valence-electron chi connectivity index (χ2n) is 6.48. The SMILES string of the molecule is CC(Cc1nccc2ccccc12)(NC(=O)OCc1ccccc1)C(=O)O. The first-order chi connectivity index (χ1) is 13.0. The number of amides is 1. The van der Waals surface area contributed by atoms with Gasteiger partial charge in [-0.3, -0.25) is 4.98 Å². The van der Waals surface area contributed by atoms with Gasteiger partial charge in [-0.05, 0) is 23.9 Å². The minimum Gasteiger partial charge on any atom is -0.480 e. The molecule has 0 bridgehead atoms. The van der Waals surface area contributed by atoms with Gasteiger partial charge in [0.15, 0.2) is 0 Å². The number of nitrogens with zero attached hydrogens (tertiary/aromatic N) is 1. The summed E-state index contributed by atoms with van der Waals surface area (Å²) in [7, 11) is 0. The summed E-state index contributed by atoms with van der Waals surface area (Å²) in [6.45, 7) is 1.51. The standard InChI is InChI=1S/C21H20N2O4/c1-21(19(24)25,23-20(26)27-14-15-7-3-2-4-8-15)13-18-17-10-6-5-9-16(17)11-12-22-18/h2-12H,13-14H2,1H3,(H,23,26)(H,24,25). The molecule has 1 amide bonds. The number of carbonyl (C=O) groups is 2. The number of carboxylic acid groups (broad SMARTS) is 1. The topological polar surface area (TPSA) is 88.5 Å². The van der Waals surface area contributed by atoms with Crippen molar-refractivity contribution in [2.45, 2.75) is 25.5 Å². The summed E-state index contributed by atoms with van der Waals surface area (Å²) in [6.07, 6.45) is 0.876. The second-order valence-corrected chi connectivity index (χ2v) is 6.48. The molecular weight excluding hydrogens is 344 g/mol. The van der Waals surface area contributed by atoms with E-state index in [1.54, 1.807) is 6.20 Å². The number of carbonyl (C=O) groups excluding carboxylic acids is 1. The van der Waals surface area contributed by atoms with Crippen LogP contribution in [0.4, 0.5) is 4.79 Å². The number of benzene rings is 2. The van der Waals surface area contributed by atoms with E-state index in [-0.39, 0.29) is 13.0 Å². The molecular formula is C21H20N2O4. The van der Waals surface area contributed by atoms with Gasteiger partial charge in [0.2, 0.25) is 0 Å². The van der Waals surface area contributed by atoms with Gasteiger partial charge in [-0.15, -0.1) is 0 Å². The highest BCUT2D eigenvalue weighted by molar-refractivity contribution is 5.87. The molecule has 6 nitrogen and oxygen atoms in total. The van der Waals surface area contributed by atoms with Gasteiger partial charge >= 0.3 is 12.1 Å². The lowest BCUT2D eigenvalue weighted by atomic mass is 9.93. The van der Waals surface area contributed by atoms with Crippen molar-refractivity contribution < 1.29 is 19.4 Å². The number of aromatic nitrogens is 1. The number of pyridine rings is 1. The maximum atomic E-state index is 12.2. The molecule has 1 atom stereocenters. The Kier molecular flexibility index (Phi) is 5.35. The normalized spacial score (nSPS) is 12.9. The van der Waals surface area contributed by atoms with Crippen LogP contribution in [0.15, 0.2) is 66.9 Å². The van der Waals surface area contributed by atoms with Crippen molar-refractivity contribution >= 4 is 22.8 Å². The van der Waals surface area contributed by atoms with E-state index < -0.39 is 17.6 Å². The third-order valence-corrected chi connectivity index (χ3v) is 4.34. The van der Waals surface area contributed by atoms with Gasteiger partial charge in [0.05, 0.1) is 5.69 Å². The predicted molar refractivity (Wildman–Crippen MR) is 101 cm³/mol. The highest BCUT2D eigenvalue weighted by Crippen LogP contribution is 2.21. The Labute approximate surface area is 156 Å². The fraction of sp³-hybridized carbons (Fsp3) is 0.190. The minimum absolute atomic E-state index is 0.0319. The molecule has 1 unspecified atom stereocenters. The number of rotatable bonds is 6. The fourth-order valence-corrected chi connectivity index (χ4v) is 2.82. The molecule has 0 aliphatic heterocycles. The maximum absolute atomic E-state index is 12.2. The van der Waals surface area contributed by atoms with Crippen LogP contribution in [0.1, 0.15) is 18.2 Å². The summed E-state index contributed by atoms with van der Waals surface area (Å²) < 4.78 is 5.17. The second kappa shape index (κ2) is 7.86. The highest BCUT2D eigenvalue weighted by Gasteiger charge is 2.36. The zero-order valence-electron chi connectivity index (χ0n) is 14.9. The summed E-state index contributed by atoms with van der Waals surface area (Å²) in [5.74, 6) is -1.16. The van der Waals surface area contributed by atoms with E-state index in [1.807, 2.05) is 60.7 Å². The summed E-state index contributed by atoms with van der Waals surface area (Å²) in [5.41, 5.74) is -0.132. The first-order valence-electron chi connectivity index (χ1n) is 8.53. The third-order valence-electron chi connectivity index (χ3n) is 4.34. The number of hydrogen-bond acceptors (Lipinski definition) is 4. The van der Waals surface area contributed by atoms with Gasteiger partial charge in [0.25, 0.3) is 0 Å². The molecule has 0 spiro atoms. The van der Waals surface area contributed by atoms with Gasteiger partial charge < -0.3 is 15.2 Å². The Morgan fingerprint density at radius 2 is 1.78 bits per heavy atom. The summed E-state index contributed by atoms with van der Waals surface area (Å²) in [6, 6.07) is 18.6. The Balaban J connectivity index is 1.75. The van der Waals surface area contributed by atoms with Crippen LogP contribution < -0.4 is 5.32 Å². The van der Waals surface area contributed by atoms with Crippen LogP contribution in [0.2, 0.25) is 0 Å². The molecule has 6 heteroatoms. The van der Waals surface area contributed by atoms with Crippen molar-refractivity contribution in [1.82, 2.24) is 10.3 Å². The molecule has 0 radical (unpaired) electrons. The first-order valence-corrected chi connectivity index (χ1v) is 8.53. The van der Waals surface area contributed by atoms with Crippen LogP contribution in [-0.2, 0) is 22.6 Å². The molecule has 0 fully saturated rings. The molecule has 3 aromatic rings. The van der Waals surface area contributed by atoms with Crippen molar-refractivity contribution in [3.05, 3.63) is 78.1 Å².